The predicted molar refractivity (Wildman–Crippen MR) is 182 cm³/mol. The zero-order chi connectivity index (χ0) is 31.6. The smallest absolute Gasteiger partial charge is 0.349 e. The minimum atomic E-state index is -0.594. The topological polar surface area (TPSA) is 71.1 Å². The molecule has 0 aliphatic heterocycles. The quantitative estimate of drug-likeness (QED) is 0.0930. The van der Waals surface area contributed by atoms with Gasteiger partial charge in [0.2, 0.25) is 0 Å². The third kappa shape index (κ3) is 5.65. The molecule has 0 spiro atoms. The van der Waals surface area contributed by atoms with Gasteiger partial charge in [0, 0.05) is 32.3 Å². The van der Waals surface area contributed by atoms with Crippen molar-refractivity contribution in [3.63, 3.8) is 0 Å². The molecule has 226 valence electrons. The fraction of sp³-hybridized carbons (Fsp3) is 0.0526. The Bertz CT molecular complexity index is 2290. The monoisotopic (exact) mass is 646 g/mol. The Labute approximate surface area is 273 Å². The Morgan fingerprint density at radius 2 is 0.935 bits per heavy atom. The molecule has 0 bridgehead atoms. The highest BCUT2D eigenvalue weighted by atomic mass is 35.5. The largest absolute Gasteiger partial charge is 0.481 e. The van der Waals surface area contributed by atoms with Crippen LogP contribution in [-0.4, -0.2) is 25.2 Å². The Kier molecular flexibility index (Phi) is 8.06. The van der Waals surface area contributed by atoms with E-state index in [9.17, 15) is 9.59 Å². The first-order chi connectivity index (χ1) is 22.5. The van der Waals surface area contributed by atoms with Gasteiger partial charge in [-0.1, -0.05) is 120 Å². The molecule has 0 saturated carbocycles. The molecule has 46 heavy (non-hydrogen) atoms. The molecular weight excluding hydrogens is 623 g/mol. The molecule has 6 nitrogen and oxygen atoms in total. The van der Waals surface area contributed by atoms with Gasteiger partial charge >= 0.3 is 11.9 Å². The summed E-state index contributed by atoms with van der Waals surface area (Å²) in [6, 6.07) is 37.0. The molecule has 0 unspecified atom stereocenters. The minimum Gasteiger partial charge on any atom is -0.481 e. The van der Waals surface area contributed by atoms with Crippen molar-refractivity contribution < 1.29 is 28.5 Å². The van der Waals surface area contributed by atoms with Gasteiger partial charge in [0.05, 0.1) is 10.0 Å². The number of hydrogen-bond donors (Lipinski definition) is 0. The van der Waals surface area contributed by atoms with Crippen molar-refractivity contribution >= 4 is 78.2 Å². The van der Waals surface area contributed by atoms with E-state index in [2.05, 4.69) is 0 Å². The molecule has 0 aromatic heterocycles. The van der Waals surface area contributed by atoms with Crippen LogP contribution in [0.1, 0.15) is 0 Å². The molecule has 7 aromatic rings. The Morgan fingerprint density at radius 1 is 0.478 bits per heavy atom. The van der Waals surface area contributed by atoms with E-state index in [-0.39, 0.29) is 16.7 Å². The summed E-state index contributed by atoms with van der Waals surface area (Å²) in [4.78, 5) is 26.1. The molecule has 0 aliphatic carbocycles. The average molecular weight is 648 g/mol. The van der Waals surface area contributed by atoms with Crippen LogP contribution in [0.3, 0.4) is 0 Å². The van der Waals surface area contributed by atoms with Crippen molar-refractivity contribution in [1.29, 1.82) is 0 Å². The summed E-state index contributed by atoms with van der Waals surface area (Å²) in [7, 11) is 0. The van der Waals surface area contributed by atoms with Gasteiger partial charge in [-0.3, -0.25) is 0 Å². The number of fused-ring (bicyclic) bond motifs is 4. The van der Waals surface area contributed by atoms with Gasteiger partial charge in [0.25, 0.3) is 0 Å². The van der Waals surface area contributed by atoms with E-state index in [1.165, 1.54) is 0 Å². The second kappa shape index (κ2) is 12.6. The van der Waals surface area contributed by atoms with Crippen LogP contribution in [-0.2, 0) is 9.59 Å². The number of esters is 2. The molecule has 0 N–H and O–H groups in total. The molecule has 0 heterocycles. The molecule has 0 fully saturated rings. The lowest BCUT2D eigenvalue weighted by molar-refractivity contribution is -0.137. The molecule has 0 radical (unpaired) electrons. The summed E-state index contributed by atoms with van der Waals surface area (Å²) in [6.45, 7) is -0.775. The lowest BCUT2D eigenvalue weighted by Crippen LogP contribution is -2.19. The van der Waals surface area contributed by atoms with Gasteiger partial charge in [-0.25, -0.2) is 9.59 Å². The van der Waals surface area contributed by atoms with Crippen LogP contribution in [0.4, 0.5) is 0 Å². The lowest BCUT2D eigenvalue weighted by atomic mass is 10.0. The highest BCUT2D eigenvalue weighted by Gasteiger charge is 2.22. The van der Waals surface area contributed by atoms with Crippen LogP contribution in [0.5, 0.6) is 23.0 Å². The van der Waals surface area contributed by atoms with Gasteiger partial charge < -0.3 is 18.9 Å². The molecule has 0 amide bonds. The van der Waals surface area contributed by atoms with Crippen LogP contribution >= 0.6 is 23.2 Å². The SMILES string of the molecule is O=C(COc1c2ccccc2c(OCC(=O)Oc2cccc3ccccc23)c2c(Cl)c(Cl)ccc12)Oc1cccc2ccccc12. The zero-order valence-corrected chi connectivity index (χ0v) is 25.7. The van der Waals surface area contributed by atoms with E-state index in [0.29, 0.717) is 44.5 Å². The first-order valence-electron chi connectivity index (χ1n) is 14.4. The van der Waals surface area contributed by atoms with E-state index >= 15 is 0 Å². The van der Waals surface area contributed by atoms with Gasteiger partial charge in [-0.05, 0) is 35.0 Å². The summed E-state index contributed by atoms with van der Waals surface area (Å²) >= 11 is 13.2. The average Bonchev–Trinajstić information content (AvgIpc) is 3.08. The number of ether oxygens (including phenoxy) is 4. The standard InChI is InChI=1S/C38H24Cl2O6/c39-30-20-19-29-35(36(30)40)38(44-22-34(42)46-32-18-8-12-24-10-2-4-14-26(24)32)28-16-6-5-15-27(28)37(29)43-21-33(41)45-31-17-7-11-23-9-1-3-13-25(23)31/h1-20H,21-22H2. The second-order valence-electron chi connectivity index (χ2n) is 10.5. The summed E-state index contributed by atoms with van der Waals surface area (Å²) in [5, 5.41) is 6.25. The molecular formula is C38H24Cl2O6. The number of rotatable bonds is 8. The predicted octanol–water partition coefficient (Wildman–Crippen LogP) is 9.57. The van der Waals surface area contributed by atoms with Crippen LogP contribution in [0.2, 0.25) is 10.0 Å². The Hall–Kier alpha value is -5.30. The molecule has 0 saturated heterocycles. The van der Waals surface area contributed by atoms with Crippen LogP contribution < -0.4 is 18.9 Å². The van der Waals surface area contributed by atoms with Gasteiger partial charge in [-0.2, -0.15) is 0 Å². The fourth-order valence-electron chi connectivity index (χ4n) is 5.56. The number of carbonyl (C=O) groups excluding carboxylic acids is 2. The molecule has 7 rings (SSSR count). The maximum atomic E-state index is 13.0. The number of carbonyl (C=O) groups is 2. The van der Waals surface area contributed by atoms with Gasteiger partial charge in [0.1, 0.15) is 23.0 Å². The molecule has 0 atom stereocenters. The Morgan fingerprint density at radius 3 is 1.50 bits per heavy atom. The summed E-state index contributed by atoms with van der Waals surface area (Å²) in [5.74, 6) is 0.425. The van der Waals surface area contributed by atoms with Crippen molar-refractivity contribution in [2.24, 2.45) is 0 Å². The molecule has 0 aliphatic rings. The Balaban J connectivity index is 1.19. The first-order valence-corrected chi connectivity index (χ1v) is 15.2. The van der Waals surface area contributed by atoms with Gasteiger partial charge in [0.15, 0.2) is 13.2 Å². The van der Waals surface area contributed by atoms with Crippen LogP contribution in [0.15, 0.2) is 121 Å². The molecule has 8 heteroatoms. The third-order valence-corrected chi connectivity index (χ3v) is 8.40. The van der Waals surface area contributed by atoms with Crippen molar-refractivity contribution in [3.05, 3.63) is 131 Å². The van der Waals surface area contributed by atoms with Crippen molar-refractivity contribution in [3.8, 4) is 23.0 Å². The van der Waals surface area contributed by atoms with E-state index in [1.807, 2.05) is 97.1 Å². The van der Waals surface area contributed by atoms with Gasteiger partial charge in [-0.15, -0.1) is 0 Å². The number of hydrogen-bond acceptors (Lipinski definition) is 6. The maximum Gasteiger partial charge on any atom is 0.349 e. The first kappa shape index (κ1) is 29.4. The van der Waals surface area contributed by atoms with E-state index in [1.54, 1.807) is 24.3 Å². The summed E-state index contributed by atoms with van der Waals surface area (Å²) in [6.07, 6.45) is 0. The number of halogens is 2. The number of benzene rings is 7. The highest BCUT2D eigenvalue weighted by Crippen LogP contribution is 2.47. The summed E-state index contributed by atoms with van der Waals surface area (Å²) in [5.41, 5.74) is 0. The van der Waals surface area contributed by atoms with Crippen LogP contribution in [0, 0.1) is 0 Å². The highest BCUT2D eigenvalue weighted by molar-refractivity contribution is 6.46. The fourth-order valence-corrected chi connectivity index (χ4v) is 5.97. The van der Waals surface area contributed by atoms with Crippen molar-refractivity contribution in [2.45, 2.75) is 0 Å². The van der Waals surface area contributed by atoms with E-state index < -0.39 is 18.5 Å². The van der Waals surface area contributed by atoms with Crippen molar-refractivity contribution in [2.75, 3.05) is 13.2 Å². The van der Waals surface area contributed by atoms with E-state index in [0.717, 1.165) is 21.5 Å². The zero-order valence-electron chi connectivity index (χ0n) is 24.2. The van der Waals surface area contributed by atoms with Crippen LogP contribution in [0.25, 0.3) is 43.1 Å². The summed E-state index contributed by atoms with van der Waals surface area (Å²) < 4.78 is 23.7. The molecule has 7 aromatic carbocycles. The van der Waals surface area contributed by atoms with E-state index in [4.69, 9.17) is 42.1 Å². The second-order valence-corrected chi connectivity index (χ2v) is 11.3. The third-order valence-electron chi connectivity index (χ3n) is 7.60. The maximum absolute atomic E-state index is 13.0. The minimum absolute atomic E-state index is 0.213. The lowest BCUT2D eigenvalue weighted by Gasteiger charge is -2.19. The van der Waals surface area contributed by atoms with Crippen molar-refractivity contribution in [1.82, 2.24) is 0 Å². The normalized spacial score (nSPS) is 11.2.